The minimum atomic E-state index is -1.60. The summed E-state index contributed by atoms with van der Waals surface area (Å²) in [4.78, 5) is 25.4. The van der Waals surface area contributed by atoms with E-state index in [9.17, 15) is 30.0 Å². The second kappa shape index (κ2) is 40.0. The summed E-state index contributed by atoms with van der Waals surface area (Å²) >= 11 is 0. The van der Waals surface area contributed by atoms with Gasteiger partial charge >= 0.3 is 11.9 Å². The molecule has 1 heterocycles. The molecule has 0 spiro atoms. The topological polar surface area (TPSA) is 152 Å². The van der Waals surface area contributed by atoms with Crippen molar-refractivity contribution < 1.29 is 49.0 Å². The Morgan fingerprint density at radius 3 is 1.49 bits per heavy atom. The zero-order valence-corrected chi connectivity index (χ0v) is 37.5. The molecule has 0 bridgehead atoms. The molecule has 1 fully saturated rings. The Balaban J connectivity index is 2.33. The van der Waals surface area contributed by atoms with Crippen molar-refractivity contribution in [2.45, 2.75) is 243 Å². The van der Waals surface area contributed by atoms with E-state index in [2.05, 4.69) is 50.3 Å². The van der Waals surface area contributed by atoms with Crippen molar-refractivity contribution in [3.63, 3.8) is 0 Å². The maximum absolute atomic E-state index is 12.8. The van der Waals surface area contributed by atoms with Gasteiger partial charge in [0, 0.05) is 12.8 Å². The maximum atomic E-state index is 12.8. The highest BCUT2D eigenvalue weighted by atomic mass is 16.7. The van der Waals surface area contributed by atoms with E-state index < -0.39 is 55.4 Å². The zero-order chi connectivity index (χ0) is 43.0. The van der Waals surface area contributed by atoms with Crippen LogP contribution in [0.1, 0.15) is 206 Å². The van der Waals surface area contributed by atoms with Crippen molar-refractivity contribution in [3.8, 4) is 0 Å². The number of unbranched alkanes of at least 4 members (excludes halogenated alkanes) is 23. The smallest absolute Gasteiger partial charge is 0.306 e. The van der Waals surface area contributed by atoms with Crippen LogP contribution in [0.25, 0.3) is 0 Å². The predicted molar refractivity (Wildman–Crippen MR) is 238 cm³/mol. The molecule has 0 aromatic carbocycles. The Morgan fingerprint density at radius 1 is 0.525 bits per heavy atom. The molecule has 4 N–H and O–H groups in total. The van der Waals surface area contributed by atoms with E-state index in [0.717, 1.165) is 38.5 Å². The summed E-state index contributed by atoms with van der Waals surface area (Å²) in [6.07, 6.45) is 38.7. The normalized spacial score (nSPS) is 20.3. The number of carbonyl (C=O) groups is 2. The lowest BCUT2D eigenvalue weighted by molar-refractivity contribution is -0.305. The van der Waals surface area contributed by atoms with Crippen molar-refractivity contribution in [2.75, 3.05) is 19.8 Å². The highest BCUT2D eigenvalue weighted by Gasteiger charge is 2.44. The molecule has 10 heteroatoms. The molecule has 0 radical (unpaired) electrons. The first-order valence-corrected chi connectivity index (χ1v) is 24.1. The Bertz CT molecular complexity index is 1060. The molecule has 59 heavy (non-hydrogen) atoms. The third-order valence-electron chi connectivity index (χ3n) is 11.0. The summed E-state index contributed by atoms with van der Waals surface area (Å²) in [6, 6.07) is 0. The van der Waals surface area contributed by atoms with Crippen LogP contribution in [0.15, 0.2) is 36.5 Å². The van der Waals surface area contributed by atoms with Gasteiger partial charge in [-0.3, -0.25) is 9.59 Å². The van der Waals surface area contributed by atoms with E-state index in [1.54, 1.807) is 0 Å². The molecule has 1 rings (SSSR count). The molecule has 0 aromatic rings. The van der Waals surface area contributed by atoms with Gasteiger partial charge in [0.05, 0.1) is 13.2 Å². The van der Waals surface area contributed by atoms with E-state index in [4.69, 9.17) is 18.9 Å². The third kappa shape index (κ3) is 31.4. The molecule has 0 saturated carbocycles. The standard InChI is InChI=1S/C49H88O10/c1-3-5-7-9-11-13-15-17-19-21-23-25-27-29-31-33-35-37-44(51)56-40-42(41-57-49-48(55)47(54)46(53)43(39-50)59-49)58-45(52)38-36-34-32-30-28-26-24-22-20-18-16-14-12-10-8-6-4-2/h14,16,23,25,29,31,42-43,46-50,53-55H,3-13,15,17-22,24,26-28,30,32-41H2,1-2H3/b16-14+,25-23+,31-29+/t42-,43-,46+,47?,48?,49-/m0/s1. The van der Waals surface area contributed by atoms with Gasteiger partial charge < -0.3 is 39.4 Å². The van der Waals surface area contributed by atoms with Crippen molar-refractivity contribution in [1.82, 2.24) is 0 Å². The first kappa shape index (κ1) is 54.9. The molecular weight excluding hydrogens is 749 g/mol. The lowest BCUT2D eigenvalue weighted by atomic mass is 9.99. The number of hydrogen-bond donors (Lipinski definition) is 4. The van der Waals surface area contributed by atoms with Gasteiger partial charge in [-0.25, -0.2) is 0 Å². The molecule has 0 amide bonds. The Morgan fingerprint density at radius 2 is 0.966 bits per heavy atom. The quantitative estimate of drug-likeness (QED) is 0.0267. The number of rotatable bonds is 40. The second-order valence-electron chi connectivity index (χ2n) is 16.6. The second-order valence-corrected chi connectivity index (χ2v) is 16.6. The first-order valence-electron chi connectivity index (χ1n) is 24.1. The molecule has 6 atom stereocenters. The van der Waals surface area contributed by atoms with E-state index in [1.165, 1.54) is 128 Å². The number of carbonyl (C=O) groups excluding carboxylic acids is 2. The van der Waals surface area contributed by atoms with Gasteiger partial charge in [0.2, 0.25) is 0 Å². The Labute approximate surface area is 359 Å². The fourth-order valence-corrected chi connectivity index (χ4v) is 7.16. The van der Waals surface area contributed by atoms with Crippen LogP contribution >= 0.6 is 0 Å². The summed E-state index contributed by atoms with van der Waals surface area (Å²) in [7, 11) is 0. The monoisotopic (exact) mass is 837 g/mol. The summed E-state index contributed by atoms with van der Waals surface area (Å²) in [6.45, 7) is 3.38. The predicted octanol–water partition coefficient (Wildman–Crippen LogP) is 10.7. The summed E-state index contributed by atoms with van der Waals surface area (Å²) in [5.41, 5.74) is 0. The molecule has 1 aliphatic rings. The van der Waals surface area contributed by atoms with E-state index in [-0.39, 0.29) is 26.1 Å². The Kier molecular flexibility index (Phi) is 37.3. The zero-order valence-electron chi connectivity index (χ0n) is 37.5. The average Bonchev–Trinajstić information content (AvgIpc) is 3.23. The summed E-state index contributed by atoms with van der Waals surface area (Å²) in [5.74, 6) is -0.857. The van der Waals surface area contributed by atoms with Crippen molar-refractivity contribution in [1.29, 1.82) is 0 Å². The molecule has 0 aliphatic carbocycles. The molecule has 1 aliphatic heterocycles. The highest BCUT2D eigenvalue weighted by Crippen LogP contribution is 2.23. The lowest BCUT2D eigenvalue weighted by Gasteiger charge is -2.39. The van der Waals surface area contributed by atoms with Crippen LogP contribution in [0, 0.1) is 0 Å². The Hall–Kier alpha value is -2.08. The van der Waals surface area contributed by atoms with Crippen LogP contribution in [0.5, 0.6) is 0 Å². The summed E-state index contributed by atoms with van der Waals surface area (Å²) in [5, 5.41) is 40.1. The number of allylic oxidation sites excluding steroid dienone is 6. The van der Waals surface area contributed by atoms with Gasteiger partial charge in [0.25, 0.3) is 0 Å². The SMILES string of the molecule is CCCCCC/C=C/CCCCCCCCCCCC(=O)O[C@@H](COC(=O)CCC/C=C/C/C=C/CCCCCCCCCCC)CO[C@H]1O[C@@H](CO)[C@@H](O)C(O)C1O. The van der Waals surface area contributed by atoms with Crippen LogP contribution in [-0.2, 0) is 28.5 Å². The van der Waals surface area contributed by atoms with Gasteiger partial charge in [-0.15, -0.1) is 0 Å². The molecule has 1 saturated heterocycles. The van der Waals surface area contributed by atoms with Gasteiger partial charge in [0.15, 0.2) is 12.4 Å². The van der Waals surface area contributed by atoms with Gasteiger partial charge in [-0.2, -0.15) is 0 Å². The number of aliphatic hydroxyl groups is 4. The van der Waals surface area contributed by atoms with Crippen LogP contribution in [0.2, 0.25) is 0 Å². The number of ether oxygens (including phenoxy) is 4. The van der Waals surface area contributed by atoms with Crippen LogP contribution in [-0.4, -0.2) is 89.0 Å². The minimum Gasteiger partial charge on any atom is -0.462 e. The van der Waals surface area contributed by atoms with Crippen molar-refractivity contribution in [3.05, 3.63) is 36.5 Å². The number of esters is 2. The van der Waals surface area contributed by atoms with Crippen molar-refractivity contribution in [2.24, 2.45) is 0 Å². The average molecular weight is 837 g/mol. The largest absolute Gasteiger partial charge is 0.462 e. The van der Waals surface area contributed by atoms with E-state index in [1.807, 2.05) is 0 Å². The fourth-order valence-electron chi connectivity index (χ4n) is 7.16. The number of hydrogen-bond acceptors (Lipinski definition) is 10. The third-order valence-corrected chi connectivity index (χ3v) is 11.0. The highest BCUT2D eigenvalue weighted by molar-refractivity contribution is 5.70. The number of aliphatic hydroxyl groups excluding tert-OH is 4. The van der Waals surface area contributed by atoms with Crippen molar-refractivity contribution >= 4 is 11.9 Å². The van der Waals surface area contributed by atoms with Gasteiger partial charge in [-0.05, 0) is 64.2 Å². The van der Waals surface area contributed by atoms with E-state index in [0.29, 0.717) is 12.8 Å². The first-order chi connectivity index (χ1) is 28.8. The van der Waals surface area contributed by atoms with E-state index >= 15 is 0 Å². The molecule has 2 unspecified atom stereocenters. The molecular formula is C49H88O10. The van der Waals surface area contributed by atoms with Crippen LogP contribution in [0.4, 0.5) is 0 Å². The van der Waals surface area contributed by atoms with Crippen LogP contribution in [0.3, 0.4) is 0 Å². The maximum Gasteiger partial charge on any atom is 0.306 e. The van der Waals surface area contributed by atoms with Gasteiger partial charge in [-0.1, -0.05) is 166 Å². The molecule has 10 nitrogen and oxygen atoms in total. The molecule has 0 aromatic heterocycles. The molecule has 344 valence electrons. The fraction of sp³-hybridized carbons (Fsp3) is 0.837. The minimum absolute atomic E-state index is 0.212. The lowest BCUT2D eigenvalue weighted by Crippen LogP contribution is -2.59. The van der Waals surface area contributed by atoms with Gasteiger partial charge in [0.1, 0.15) is 31.0 Å². The van der Waals surface area contributed by atoms with Crippen LogP contribution < -0.4 is 0 Å². The summed E-state index contributed by atoms with van der Waals surface area (Å²) < 4.78 is 22.1.